The van der Waals surface area contributed by atoms with E-state index in [0.717, 1.165) is 0 Å². The standard InChI is InChI=1S/C11H20O/c1-10(2,3)11(12,8-4-5-8)9-6-7-9/h8-9,12H,4-7H2,1-3H3. The van der Waals surface area contributed by atoms with Crippen molar-refractivity contribution in [3.8, 4) is 0 Å². The summed E-state index contributed by atoms with van der Waals surface area (Å²) in [4.78, 5) is 0. The zero-order chi connectivity index (χ0) is 8.98. The summed E-state index contributed by atoms with van der Waals surface area (Å²) in [5.41, 5.74) is -0.262. The van der Waals surface area contributed by atoms with E-state index in [0.29, 0.717) is 11.8 Å². The average molecular weight is 168 g/mol. The van der Waals surface area contributed by atoms with E-state index in [4.69, 9.17) is 0 Å². The summed E-state index contributed by atoms with van der Waals surface area (Å²) in [6, 6.07) is 0. The third-order valence-electron chi connectivity index (χ3n) is 3.60. The van der Waals surface area contributed by atoms with Crippen molar-refractivity contribution in [2.24, 2.45) is 17.3 Å². The molecule has 70 valence electrons. The number of rotatable bonds is 2. The van der Waals surface area contributed by atoms with Gasteiger partial charge < -0.3 is 5.11 Å². The topological polar surface area (TPSA) is 20.2 Å². The van der Waals surface area contributed by atoms with E-state index < -0.39 is 0 Å². The molecular weight excluding hydrogens is 148 g/mol. The largest absolute Gasteiger partial charge is 0.389 e. The molecule has 0 atom stereocenters. The third kappa shape index (κ3) is 1.10. The van der Waals surface area contributed by atoms with Crippen molar-refractivity contribution in [2.45, 2.75) is 52.1 Å². The first kappa shape index (κ1) is 8.55. The van der Waals surface area contributed by atoms with Gasteiger partial charge in [-0.1, -0.05) is 20.8 Å². The molecule has 0 amide bonds. The highest BCUT2D eigenvalue weighted by Gasteiger charge is 2.58. The minimum absolute atomic E-state index is 0.0787. The normalized spacial score (nSPS) is 26.0. The van der Waals surface area contributed by atoms with Crippen molar-refractivity contribution in [3.63, 3.8) is 0 Å². The van der Waals surface area contributed by atoms with Crippen molar-refractivity contribution < 1.29 is 5.11 Å². The molecule has 0 unspecified atom stereocenters. The van der Waals surface area contributed by atoms with Crippen LogP contribution in [0, 0.1) is 17.3 Å². The molecule has 2 rings (SSSR count). The van der Waals surface area contributed by atoms with Crippen LogP contribution in [0.25, 0.3) is 0 Å². The molecule has 0 aromatic carbocycles. The molecule has 0 aromatic rings. The van der Waals surface area contributed by atoms with Crippen molar-refractivity contribution in [1.82, 2.24) is 0 Å². The second-order valence-electron chi connectivity index (χ2n) is 5.62. The van der Waals surface area contributed by atoms with Gasteiger partial charge in [0.25, 0.3) is 0 Å². The lowest BCUT2D eigenvalue weighted by atomic mass is 9.70. The SMILES string of the molecule is CC(C)(C)C(O)(C1CC1)C1CC1. The molecule has 0 aliphatic heterocycles. The average Bonchev–Trinajstić information content (AvgIpc) is 2.79. The summed E-state index contributed by atoms with van der Waals surface area (Å²) in [5, 5.41) is 10.6. The lowest BCUT2D eigenvalue weighted by Crippen LogP contribution is -2.47. The highest BCUT2D eigenvalue weighted by atomic mass is 16.3. The molecule has 0 aromatic heterocycles. The van der Waals surface area contributed by atoms with Gasteiger partial charge in [-0.3, -0.25) is 0 Å². The Morgan fingerprint density at radius 1 is 0.917 bits per heavy atom. The monoisotopic (exact) mass is 168 g/mol. The van der Waals surface area contributed by atoms with Crippen LogP contribution < -0.4 is 0 Å². The van der Waals surface area contributed by atoms with Crippen LogP contribution in [0.2, 0.25) is 0 Å². The van der Waals surface area contributed by atoms with Crippen molar-refractivity contribution >= 4 is 0 Å². The van der Waals surface area contributed by atoms with E-state index in [1.807, 2.05) is 0 Å². The summed E-state index contributed by atoms with van der Waals surface area (Å²) in [6.07, 6.45) is 5.02. The fourth-order valence-electron chi connectivity index (χ4n) is 2.60. The second kappa shape index (κ2) is 2.25. The molecule has 2 fully saturated rings. The van der Waals surface area contributed by atoms with Gasteiger partial charge in [0.15, 0.2) is 0 Å². The molecule has 0 radical (unpaired) electrons. The maximum absolute atomic E-state index is 10.6. The predicted octanol–water partition coefficient (Wildman–Crippen LogP) is 2.58. The van der Waals surface area contributed by atoms with Crippen LogP contribution in [0.4, 0.5) is 0 Å². The first-order valence-corrected chi connectivity index (χ1v) is 5.18. The van der Waals surface area contributed by atoms with E-state index in [9.17, 15) is 5.11 Å². The lowest BCUT2D eigenvalue weighted by Gasteiger charge is -2.41. The first-order valence-electron chi connectivity index (χ1n) is 5.18. The second-order valence-corrected chi connectivity index (χ2v) is 5.62. The lowest BCUT2D eigenvalue weighted by molar-refractivity contribution is -0.0952. The highest BCUT2D eigenvalue weighted by molar-refractivity contribution is 5.09. The van der Waals surface area contributed by atoms with Gasteiger partial charge in [0.2, 0.25) is 0 Å². The third-order valence-corrected chi connectivity index (χ3v) is 3.60. The maximum Gasteiger partial charge on any atom is 0.0751 e. The van der Waals surface area contributed by atoms with Crippen molar-refractivity contribution in [1.29, 1.82) is 0 Å². The van der Waals surface area contributed by atoms with Gasteiger partial charge in [0.1, 0.15) is 0 Å². The molecule has 1 N–H and O–H groups in total. The summed E-state index contributed by atoms with van der Waals surface area (Å²) in [5.74, 6) is 1.23. The van der Waals surface area contributed by atoms with E-state index in [-0.39, 0.29) is 11.0 Å². The Kier molecular flexibility index (Phi) is 1.61. The van der Waals surface area contributed by atoms with Gasteiger partial charge in [-0.25, -0.2) is 0 Å². The van der Waals surface area contributed by atoms with Gasteiger partial charge in [0.05, 0.1) is 5.60 Å². The van der Waals surface area contributed by atoms with E-state index >= 15 is 0 Å². The molecule has 0 heterocycles. The summed E-state index contributed by atoms with van der Waals surface area (Å²) < 4.78 is 0. The fourth-order valence-corrected chi connectivity index (χ4v) is 2.60. The van der Waals surface area contributed by atoms with Gasteiger partial charge in [-0.15, -0.1) is 0 Å². The Bertz CT molecular complexity index is 170. The zero-order valence-corrected chi connectivity index (χ0v) is 8.43. The molecule has 1 nitrogen and oxygen atoms in total. The van der Waals surface area contributed by atoms with E-state index in [1.54, 1.807) is 0 Å². The van der Waals surface area contributed by atoms with Crippen LogP contribution in [-0.4, -0.2) is 10.7 Å². The Morgan fingerprint density at radius 2 is 1.25 bits per heavy atom. The smallest absolute Gasteiger partial charge is 0.0751 e. The number of aliphatic hydroxyl groups is 1. The van der Waals surface area contributed by atoms with Crippen LogP contribution >= 0.6 is 0 Å². The van der Waals surface area contributed by atoms with Crippen LogP contribution in [0.15, 0.2) is 0 Å². The van der Waals surface area contributed by atoms with E-state index in [2.05, 4.69) is 20.8 Å². The van der Waals surface area contributed by atoms with Gasteiger partial charge in [0, 0.05) is 0 Å². The molecule has 2 aliphatic rings. The van der Waals surface area contributed by atoms with Gasteiger partial charge in [-0.05, 0) is 42.9 Å². The summed E-state index contributed by atoms with van der Waals surface area (Å²) in [6.45, 7) is 6.55. The molecule has 0 bridgehead atoms. The first-order chi connectivity index (χ1) is 5.46. The Morgan fingerprint density at radius 3 is 1.42 bits per heavy atom. The van der Waals surface area contributed by atoms with Gasteiger partial charge >= 0.3 is 0 Å². The molecule has 0 saturated heterocycles. The number of hydrogen-bond acceptors (Lipinski definition) is 1. The minimum atomic E-state index is -0.340. The van der Waals surface area contributed by atoms with Gasteiger partial charge in [-0.2, -0.15) is 0 Å². The Balaban J connectivity index is 2.20. The molecule has 2 aliphatic carbocycles. The van der Waals surface area contributed by atoms with Crippen molar-refractivity contribution in [3.05, 3.63) is 0 Å². The molecule has 1 heteroatoms. The molecule has 0 spiro atoms. The molecular formula is C11H20O. The van der Waals surface area contributed by atoms with Crippen LogP contribution in [-0.2, 0) is 0 Å². The predicted molar refractivity (Wildman–Crippen MR) is 49.9 cm³/mol. The van der Waals surface area contributed by atoms with Crippen LogP contribution in [0.5, 0.6) is 0 Å². The van der Waals surface area contributed by atoms with Crippen molar-refractivity contribution in [2.75, 3.05) is 0 Å². The Labute approximate surface area is 75.2 Å². The summed E-state index contributed by atoms with van der Waals surface area (Å²) in [7, 11) is 0. The quantitative estimate of drug-likeness (QED) is 0.672. The molecule has 2 saturated carbocycles. The zero-order valence-electron chi connectivity index (χ0n) is 8.43. The Hall–Kier alpha value is -0.0400. The molecule has 12 heavy (non-hydrogen) atoms. The highest BCUT2D eigenvalue weighted by Crippen LogP contribution is 2.58. The van der Waals surface area contributed by atoms with Crippen LogP contribution in [0.1, 0.15) is 46.5 Å². The number of hydrogen-bond donors (Lipinski definition) is 1. The van der Waals surface area contributed by atoms with Crippen LogP contribution in [0.3, 0.4) is 0 Å². The van der Waals surface area contributed by atoms with E-state index in [1.165, 1.54) is 25.7 Å². The summed E-state index contributed by atoms with van der Waals surface area (Å²) >= 11 is 0. The maximum atomic E-state index is 10.6. The fraction of sp³-hybridized carbons (Fsp3) is 1.00. The minimum Gasteiger partial charge on any atom is -0.389 e.